The van der Waals surface area contributed by atoms with Crippen molar-refractivity contribution in [2.75, 3.05) is 12.3 Å². The largest absolute Gasteiger partial charge is 0.463 e. The van der Waals surface area contributed by atoms with Gasteiger partial charge in [0, 0.05) is 13.8 Å². The summed E-state index contributed by atoms with van der Waals surface area (Å²) in [6, 6.07) is 0. The molecule has 0 amide bonds. The summed E-state index contributed by atoms with van der Waals surface area (Å²) in [5, 5.41) is 0. The Balaban J connectivity index is 2.31. The molecule has 0 spiro atoms. The van der Waals surface area contributed by atoms with Crippen molar-refractivity contribution >= 4 is 33.7 Å². The molecule has 1 saturated heterocycles. The van der Waals surface area contributed by atoms with Gasteiger partial charge in [-0.2, -0.15) is 4.98 Å². The number of nitrogen functional groups attached to an aromatic ring is 1. The zero-order chi connectivity index (χ0) is 18.0. The molecule has 2 heterocycles. The molecule has 0 radical (unpaired) electrons. The van der Waals surface area contributed by atoms with Crippen LogP contribution in [0.1, 0.15) is 20.1 Å². The second kappa shape index (κ2) is 7.26. The summed E-state index contributed by atoms with van der Waals surface area (Å²) in [4.78, 5) is 36.8. The molecule has 9 nitrogen and oxygen atoms in total. The van der Waals surface area contributed by atoms with Gasteiger partial charge < -0.3 is 19.9 Å². The Kier molecular flexibility index (Phi) is 5.54. The van der Waals surface area contributed by atoms with Crippen LogP contribution in [0, 0.1) is 5.82 Å². The number of halogens is 2. The van der Waals surface area contributed by atoms with Gasteiger partial charge in [0.05, 0.1) is 11.0 Å². The fraction of sp³-hybridized carbons (Fsp3) is 0.538. The van der Waals surface area contributed by atoms with Gasteiger partial charge in [0.25, 0.3) is 0 Å². The van der Waals surface area contributed by atoms with Crippen molar-refractivity contribution in [2.45, 2.75) is 37.1 Å². The lowest BCUT2D eigenvalue weighted by atomic mass is 10.2. The molecule has 11 heteroatoms. The molecule has 0 aliphatic carbocycles. The number of nitrogens with zero attached hydrogens (tertiary/aromatic N) is 2. The van der Waals surface area contributed by atoms with Crippen LogP contribution < -0.4 is 11.4 Å². The van der Waals surface area contributed by atoms with E-state index >= 15 is 0 Å². The van der Waals surface area contributed by atoms with E-state index in [2.05, 4.69) is 20.9 Å². The summed E-state index contributed by atoms with van der Waals surface area (Å²) in [5.74, 6) is -2.57. The summed E-state index contributed by atoms with van der Waals surface area (Å²) in [7, 11) is 0. The average molecular weight is 408 g/mol. The highest BCUT2D eigenvalue weighted by atomic mass is 79.9. The van der Waals surface area contributed by atoms with E-state index in [4.69, 9.17) is 19.9 Å². The van der Waals surface area contributed by atoms with Crippen LogP contribution in [-0.4, -0.2) is 45.1 Å². The Bertz CT molecular complexity index is 711. The van der Waals surface area contributed by atoms with E-state index in [0.717, 1.165) is 10.8 Å². The average Bonchev–Trinajstić information content (AvgIpc) is 2.77. The second-order valence-corrected chi connectivity index (χ2v) is 6.11. The van der Waals surface area contributed by atoms with Gasteiger partial charge in [-0.05, 0) is 0 Å². The fourth-order valence-corrected chi connectivity index (χ4v) is 3.05. The van der Waals surface area contributed by atoms with Gasteiger partial charge in [0.2, 0.25) is 0 Å². The van der Waals surface area contributed by atoms with E-state index in [1.807, 2.05) is 0 Å². The summed E-state index contributed by atoms with van der Waals surface area (Å²) in [6.45, 7) is 2.21. The molecule has 0 saturated carbocycles. The molecular formula is C13H15BrFN3O6. The molecule has 2 N–H and O–H groups in total. The zero-order valence-corrected chi connectivity index (χ0v) is 14.4. The number of carbonyl (C=O) groups is 2. The highest BCUT2D eigenvalue weighted by Gasteiger charge is 2.47. The van der Waals surface area contributed by atoms with Crippen molar-refractivity contribution in [1.29, 1.82) is 0 Å². The smallest absolute Gasteiger partial charge is 0.351 e. The normalized spacial score (nSPS) is 26.2. The van der Waals surface area contributed by atoms with E-state index < -0.39 is 52.5 Å². The molecule has 2 rings (SSSR count). The molecular weight excluding hydrogens is 393 g/mol. The number of carbonyl (C=O) groups excluding carboxylic acids is 2. The van der Waals surface area contributed by atoms with Gasteiger partial charge >= 0.3 is 17.6 Å². The first-order valence-electron chi connectivity index (χ1n) is 6.85. The molecule has 24 heavy (non-hydrogen) atoms. The van der Waals surface area contributed by atoms with E-state index in [9.17, 15) is 18.8 Å². The van der Waals surface area contributed by atoms with Gasteiger partial charge in [-0.3, -0.25) is 14.2 Å². The minimum Gasteiger partial charge on any atom is -0.463 e. The zero-order valence-electron chi connectivity index (χ0n) is 12.8. The molecule has 1 aliphatic rings. The first kappa shape index (κ1) is 18.3. The van der Waals surface area contributed by atoms with Crippen LogP contribution in [0.5, 0.6) is 0 Å². The van der Waals surface area contributed by atoms with Crippen LogP contribution >= 0.6 is 15.9 Å². The fourth-order valence-electron chi connectivity index (χ4n) is 2.22. The van der Waals surface area contributed by atoms with E-state index in [-0.39, 0.29) is 6.61 Å². The lowest BCUT2D eigenvalue weighted by Crippen LogP contribution is -2.36. The maximum absolute atomic E-state index is 13.6. The van der Waals surface area contributed by atoms with E-state index in [0.29, 0.717) is 0 Å². The summed E-state index contributed by atoms with van der Waals surface area (Å²) in [5.41, 5.74) is 4.41. The van der Waals surface area contributed by atoms with Crippen molar-refractivity contribution in [1.82, 2.24) is 9.55 Å². The molecule has 0 unspecified atom stereocenters. The third kappa shape index (κ3) is 3.90. The predicted octanol–water partition coefficient (Wildman–Crippen LogP) is 0.120. The maximum atomic E-state index is 13.6. The van der Waals surface area contributed by atoms with Crippen LogP contribution in [-0.2, 0) is 23.8 Å². The number of hydrogen-bond donors (Lipinski definition) is 1. The Morgan fingerprint density at radius 2 is 2.12 bits per heavy atom. The Morgan fingerprint density at radius 1 is 1.46 bits per heavy atom. The molecule has 0 aromatic carbocycles. The maximum Gasteiger partial charge on any atom is 0.351 e. The lowest BCUT2D eigenvalue weighted by Gasteiger charge is -2.19. The van der Waals surface area contributed by atoms with Crippen LogP contribution in [0.25, 0.3) is 0 Å². The Morgan fingerprint density at radius 3 is 2.71 bits per heavy atom. The Hall–Kier alpha value is -2.01. The minimum absolute atomic E-state index is 0.203. The van der Waals surface area contributed by atoms with Crippen LogP contribution in [0.4, 0.5) is 10.2 Å². The minimum atomic E-state index is -1.04. The molecule has 1 fully saturated rings. The van der Waals surface area contributed by atoms with Gasteiger partial charge in [-0.15, -0.1) is 0 Å². The first-order chi connectivity index (χ1) is 11.2. The van der Waals surface area contributed by atoms with E-state index in [1.54, 1.807) is 0 Å². The van der Waals surface area contributed by atoms with Gasteiger partial charge in [-0.1, -0.05) is 15.9 Å². The van der Waals surface area contributed by atoms with E-state index in [1.165, 1.54) is 13.8 Å². The highest BCUT2D eigenvalue weighted by molar-refractivity contribution is 9.09. The lowest BCUT2D eigenvalue weighted by molar-refractivity contribution is -0.155. The standard InChI is InChI=1S/C13H15BrFN3O6/c1-5(19)22-4-8-10(23-6(2)20)9(14)12(24-8)18-3-7(15)11(16)17-13(18)21/h3,8-10,12H,4H2,1-2H3,(H2,16,17,21)/t8-,9-,10-,12-/m1/s1. The van der Waals surface area contributed by atoms with Crippen molar-refractivity contribution in [2.24, 2.45) is 0 Å². The van der Waals surface area contributed by atoms with Crippen LogP contribution in [0.3, 0.4) is 0 Å². The number of alkyl halides is 1. The summed E-state index contributed by atoms with van der Waals surface area (Å²) >= 11 is 3.28. The number of anilines is 1. The second-order valence-electron chi connectivity index (χ2n) is 5.05. The summed E-state index contributed by atoms with van der Waals surface area (Å²) in [6.07, 6.45) is -1.90. The third-order valence-electron chi connectivity index (χ3n) is 3.23. The molecule has 1 aromatic rings. The molecule has 132 valence electrons. The van der Waals surface area contributed by atoms with Gasteiger partial charge in [-0.25, -0.2) is 9.18 Å². The summed E-state index contributed by atoms with van der Waals surface area (Å²) < 4.78 is 30.2. The number of aromatic nitrogens is 2. The van der Waals surface area contributed by atoms with Crippen LogP contribution in [0.2, 0.25) is 0 Å². The first-order valence-corrected chi connectivity index (χ1v) is 7.76. The number of rotatable bonds is 4. The molecule has 1 aliphatic heterocycles. The Labute approximate surface area is 144 Å². The highest BCUT2D eigenvalue weighted by Crippen LogP contribution is 2.36. The van der Waals surface area contributed by atoms with Gasteiger partial charge in [0.15, 0.2) is 17.9 Å². The molecule has 0 bridgehead atoms. The molecule has 4 atom stereocenters. The number of esters is 2. The number of nitrogens with two attached hydrogens (primary N) is 1. The van der Waals surface area contributed by atoms with Crippen molar-refractivity contribution in [3.8, 4) is 0 Å². The SMILES string of the molecule is CC(=O)OC[C@H]1O[C@@H](n2cc(F)c(N)nc2=O)[C@H](Br)[C@@H]1OC(C)=O. The molecule has 1 aromatic heterocycles. The van der Waals surface area contributed by atoms with Crippen molar-refractivity contribution < 1.29 is 28.2 Å². The number of hydrogen-bond acceptors (Lipinski definition) is 8. The van der Waals surface area contributed by atoms with Crippen LogP contribution in [0.15, 0.2) is 11.0 Å². The van der Waals surface area contributed by atoms with Crippen molar-refractivity contribution in [3.63, 3.8) is 0 Å². The monoisotopic (exact) mass is 407 g/mol. The predicted molar refractivity (Wildman–Crippen MR) is 81.7 cm³/mol. The van der Waals surface area contributed by atoms with Gasteiger partial charge in [0.1, 0.15) is 18.8 Å². The van der Waals surface area contributed by atoms with Crippen molar-refractivity contribution in [3.05, 3.63) is 22.5 Å². The number of ether oxygens (including phenoxy) is 3. The third-order valence-corrected chi connectivity index (χ3v) is 4.20. The topological polar surface area (TPSA) is 123 Å². The quantitative estimate of drug-likeness (QED) is 0.551.